The van der Waals surface area contributed by atoms with Crippen molar-refractivity contribution in [2.24, 2.45) is 0 Å². The van der Waals surface area contributed by atoms with E-state index in [-0.39, 0.29) is 18.5 Å². The normalized spacial score (nSPS) is 27.3. The molecule has 2 bridgehead atoms. The Kier molecular flexibility index (Phi) is 6.24. The van der Waals surface area contributed by atoms with Crippen molar-refractivity contribution in [1.29, 1.82) is 0 Å². The van der Waals surface area contributed by atoms with Crippen LogP contribution in [-0.2, 0) is 19.5 Å². The topological polar surface area (TPSA) is 119 Å². The second kappa shape index (κ2) is 8.29. The molecule has 154 valence electrons. The first-order valence-corrected chi connectivity index (χ1v) is 10.9. The van der Waals surface area contributed by atoms with E-state index in [1.807, 2.05) is 0 Å². The number of hydroxylamine groups is 2. The van der Waals surface area contributed by atoms with Crippen molar-refractivity contribution < 1.29 is 26.8 Å². The molecule has 0 aliphatic carbocycles. The van der Waals surface area contributed by atoms with E-state index in [4.69, 9.17) is 4.55 Å². The zero-order valence-corrected chi connectivity index (χ0v) is 16.4. The molecule has 3 rings (SSSR count). The highest BCUT2D eigenvalue weighted by Gasteiger charge is 2.49. The quantitative estimate of drug-likeness (QED) is 0.588. The predicted octanol–water partition coefficient (Wildman–Crippen LogP) is 0.370. The lowest BCUT2D eigenvalue weighted by Crippen LogP contribution is -2.53. The molecule has 27 heavy (non-hydrogen) atoms. The lowest BCUT2D eigenvalue weighted by Gasteiger charge is -2.35. The number of amides is 3. The maximum Gasteiger partial charge on any atom is 0.418 e. The van der Waals surface area contributed by atoms with Gasteiger partial charge in [0, 0.05) is 25.7 Å². The fourth-order valence-electron chi connectivity index (χ4n) is 4.08. The van der Waals surface area contributed by atoms with E-state index in [2.05, 4.69) is 21.4 Å². The molecule has 3 aliphatic heterocycles. The van der Waals surface area contributed by atoms with Gasteiger partial charge in [0.1, 0.15) is 6.04 Å². The molecule has 0 aromatic rings. The Balaban J connectivity index is 1.52. The highest BCUT2D eigenvalue weighted by Crippen LogP contribution is 2.31. The molecule has 0 aromatic carbocycles. The smallest absolute Gasteiger partial charge is 0.351 e. The number of nitrogens with zero attached hydrogens (tertiary/aromatic N) is 3. The van der Waals surface area contributed by atoms with Gasteiger partial charge in [-0.2, -0.15) is 13.5 Å². The van der Waals surface area contributed by atoms with Gasteiger partial charge in [-0.1, -0.05) is 13.3 Å². The minimum atomic E-state index is -4.78. The standard InChI is InChI=1S/C16H28N4O6S/c1-2-3-8-18-9-6-12(7-10-18)17-15(21)14-5-4-13-11-19(14)16(22)20(13)26-27(23,24)25/h12-14H,2-11H2,1H3,(H,17,21)(H,23,24,25). The fraction of sp³-hybridized carbons (Fsp3) is 0.875. The molecule has 0 saturated carbocycles. The molecule has 10 nitrogen and oxygen atoms in total. The van der Waals surface area contributed by atoms with Gasteiger partial charge in [0.25, 0.3) is 0 Å². The van der Waals surface area contributed by atoms with Crippen molar-refractivity contribution in [1.82, 2.24) is 20.2 Å². The third kappa shape index (κ3) is 4.89. The Hall–Kier alpha value is -1.43. The van der Waals surface area contributed by atoms with Crippen molar-refractivity contribution in [3.05, 3.63) is 0 Å². The molecule has 3 amide bonds. The molecule has 3 saturated heterocycles. The second-order valence-electron chi connectivity index (χ2n) is 7.49. The second-order valence-corrected chi connectivity index (χ2v) is 8.49. The van der Waals surface area contributed by atoms with Gasteiger partial charge in [0.15, 0.2) is 0 Å². The minimum absolute atomic E-state index is 0.0935. The molecule has 2 atom stereocenters. The van der Waals surface area contributed by atoms with Gasteiger partial charge in [0.05, 0.1) is 6.04 Å². The molecule has 3 fully saturated rings. The average molecular weight is 404 g/mol. The van der Waals surface area contributed by atoms with Gasteiger partial charge in [-0.3, -0.25) is 9.35 Å². The Labute approximate surface area is 159 Å². The number of likely N-dealkylation sites (tertiary alicyclic amines) is 1. The predicted molar refractivity (Wildman–Crippen MR) is 95.9 cm³/mol. The van der Waals surface area contributed by atoms with Crippen LogP contribution in [0.4, 0.5) is 4.79 Å². The summed E-state index contributed by atoms with van der Waals surface area (Å²) in [6.45, 7) is 5.38. The largest absolute Gasteiger partial charge is 0.418 e. The number of rotatable bonds is 7. The fourth-order valence-corrected chi connectivity index (χ4v) is 4.47. The molecular weight excluding hydrogens is 376 g/mol. The summed E-state index contributed by atoms with van der Waals surface area (Å²) in [7, 11) is -4.78. The van der Waals surface area contributed by atoms with E-state index in [9.17, 15) is 18.0 Å². The maximum atomic E-state index is 12.7. The van der Waals surface area contributed by atoms with E-state index in [0.717, 1.165) is 32.5 Å². The van der Waals surface area contributed by atoms with Crippen LogP contribution in [0.15, 0.2) is 0 Å². The van der Waals surface area contributed by atoms with Crippen molar-refractivity contribution in [3.63, 3.8) is 0 Å². The number of fused-ring (bicyclic) bond motifs is 2. The van der Waals surface area contributed by atoms with Crippen molar-refractivity contribution in [2.45, 2.75) is 63.6 Å². The minimum Gasteiger partial charge on any atom is -0.351 e. The van der Waals surface area contributed by atoms with Crippen LogP contribution in [0, 0.1) is 0 Å². The van der Waals surface area contributed by atoms with Crippen molar-refractivity contribution >= 4 is 22.3 Å². The highest BCUT2D eigenvalue weighted by atomic mass is 32.3. The van der Waals surface area contributed by atoms with Crippen LogP contribution in [0.5, 0.6) is 0 Å². The average Bonchev–Trinajstić information content (AvgIpc) is 2.84. The van der Waals surface area contributed by atoms with Crippen molar-refractivity contribution in [2.75, 3.05) is 26.2 Å². The summed E-state index contributed by atoms with van der Waals surface area (Å²) in [4.78, 5) is 28.8. The zero-order valence-electron chi connectivity index (χ0n) is 15.5. The number of hydrogen-bond acceptors (Lipinski definition) is 6. The number of urea groups is 1. The van der Waals surface area contributed by atoms with Crippen LogP contribution in [0.2, 0.25) is 0 Å². The molecular formula is C16H28N4O6S. The van der Waals surface area contributed by atoms with E-state index in [1.54, 1.807) is 0 Å². The Morgan fingerprint density at radius 1 is 1.26 bits per heavy atom. The van der Waals surface area contributed by atoms with Crippen LogP contribution in [-0.4, -0.2) is 84.1 Å². The van der Waals surface area contributed by atoms with Crippen LogP contribution >= 0.6 is 0 Å². The van der Waals surface area contributed by atoms with Crippen LogP contribution < -0.4 is 5.32 Å². The van der Waals surface area contributed by atoms with Gasteiger partial charge in [0.2, 0.25) is 5.91 Å². The first-order valence-electron chi connectivity index (χ1n) is 9.58. The first kappa shape index (κ1) is 20.3. The third-order valence-electron chi connectivity index (χ3n) is 5.56. The van der Waals surface area contributed by atoms with Gasteiger partial charge >= 0.3 is 16.4 Å². The molecule has 11 heteroatoms. The Bertz CT molecular complexity index is 664. The van der Waals surface area contributed by atoms with Crippen LogP contribution in [0.25, 0.3) is 0 Å². The number of piperidine rings is 2. The first-order chi connectivity index (χ1) is 12.8. The zero-order chi connectivity index (χ0) is 19.6. The van der Waals surface area contributed by atoms with E-state index in [0.29, 0.717) is 17.9 Å². The summed E-state index contributed by atoms with van der Waals surface area (Å²) < 4.78 is 35.1. The van der Waals surface area contributed by atoms with E-state index < -0.39 is 28.5 Å². The third-order valence-corrected chi connectivity index (χ3v) is 5.91. The summed E-state index contributed by atoms with van der Waals surface area (Å²) in [6, 6.07) is -1.73. The van der Waals surface area contributed by atoms with Gasteiger partial charge in [-0.25, -0.2) is 4.79 Å². The number of carbonyl (C=O) groups excluding carboxylic acids is 2. The van der Waals surface area contributed by atoms with Gasteiger partial charge in [-0.05, 0) is 38.6 Å². The number of unbranched alkanes of at least 4 members (excludes halogenated alkanes) is 1. The van der Waals surface area contributed by atoms with Gasteiger partial charge < -0.3 is 15.1 Å². The molecule has 2 N–H and O–H groups in total. The molecule has 0 radical (unpaired) electrons. The summed E-state index contributed by atoms with van der Waals surface area (Å²) in [5.74, 6) is -0.206. The monoisotopic (exact) mass is 404 g/mol. The van der Waals surface area contributed by atoms with Gasteiger partial charge in [-0.15, -0.1) is 4.28 Å². The molecule has 3 heterocycles. The summed E-state index contributed by atoms with van der Waals surface area (Å²) in [5.41, 5.74) is 0. The van der Waals surface area contributed by atoms with E-state index in [1.165, 1.54) is 17.7 Å². The summed E-state index contributed by atoms with van der Waals surface area (Å²) in [6.07, 6.45) is 4.99. The lowest BCUT2D eigenvalue weighted by atomic mass is 9.98. The highest BCUT2D eigenvalue weighted by molar-refractivity contribution is 7.80. The molecule has 2 unspecified atom stereocenters. The van der Waals surface area contributed by atoms with Crippen LogP contribution in [0.3, 0.4) is 0 Å². The Morgan fingerprint density at radius 3 is 2.59 bits per heavy atom. The summed E-state index contributed by atoms with van der Waals surface area (Å²) >= 11 is 0. The Morgan fingerprint density at radius 2 is 1.96 bits per heavy atom. The molecule has 3 aliphatic rings. The SMILES string of the molecule is CCCCN1CCC(NC(=O)C2CCC3CN2C(=O)N3OS(=O)(=O)O)CC1. The number of nitrogens with one attached hydrogen (secondary N) is 1. The number of hydrogen-bond donors (Lipinski definition) is 2. The molecule has 0 spiro atoms. The van der Waals surface area contributed by atoms with Crippen molar-refractivity contribution in [3.8, 4) is 0 Å². The number of carbonyl (C=O) groups is 2. The van der Waals surface area contributed by atoms with Crippen LogP contribution in [0.1, 0.15) is 45.4 Å². The van der Waals surface area contributed by atoms with E-state index >= 15 is 0 Å². The lowest BCUT2D eigenvalue weighted by molar-refractivity contribution is -0.127. The maximum absolute atomic E-state index is 12.7. The summed E-state index contributed by atoms with van der Waals surface area (Å²) in [5, 5.41) is 3.71. The molecule has 0 aromatic heterocycles.